The average molecular weight is 1230 g/mol. The first-order valence-electron chi connectivity index (χ1n) is 32.7. The molecule has 0 aromatic heterocycles. The van der Waals surface area contributed by atoms with Gasteiger partial charge in [0, 0.05) is 17.4 Å². The van der Waals surface area contributed by atoms with Gasteiger partial charge in [0.25, 0.3) is 0 Å². The number of phenolic OH excluding ortho intramolecular Hbond substituents is 2. The molecule has 3 N–H and O–H groups in total. The summed E-state index contributed by atoms with van der Waals surface area (Å²) in [5, 5.41) is 18.9. The summed E-state index contributed by atoms with van der Waals surface area (Å²) in [5.41, 5.74) is 0.831. The van der Waals surface area contributed by atoms with E-state index in [4.69, 9.17) is 33.4 Å². The maximum Gasteiger partial charge on any atom is 1.00 e. The van der Waals surface area contributed by atoms with Gasteiger partial charge in [0.15, 0.2) is 17.0 Å². The van der Waals surface area contributed by atoms with Gasteiger partial charge >= 0.3 is 40.0 Å². The predicted octanol–water partition coefficient (Wildman–Crippen LogP) is 16.1. The van der Waals surface area contributed by atoms with Gasteiger partial charge in [-0.05, 0) is 205 Å². The van der Waals surface area contributed by atoms with Crippen LogP contribution in [0.15, 0.2) is 72.8 Å². The SMILES string of the molecule is C.C.C.CC.CC.CC.CC(=O)c1cccc(O)c1.CC1(c2cccc(O)c2)OOC12C1CCCC2C2CCCCC2C1.CC1(c2cccc(OS(=O)(=O)O)c2)OOC12C1CCCC2C2CCCCC2C1.O=C1C2CCCC1C1CCCCC1C2.[Na+]. The zero-order valence-corrected chi connectivity index (χ0v) is 55.1. The van der Waals surface area contributed by atoms with Crippen LogP contribution < -0.4 is 33.7 Å². The molecule has 3 aromatic rings. The molecule has 14 heteroatoms. The van der Waals surface area contributed by atoms with Crippen LogP contribution in [0.5, 0.6) is 17.2 Å². The van der Waals surface area contributed by atoms with Crippen molar-refractivity contribution < 1.29 is 86.1 Å². The Kier molecular flexibility index (Phi) is 29.0. The van der Waals surface area contributed by atoms with E-state index in [2.05, 4.69) is 19.9 Å². The third-order valence-electron chi connectivity index (χ3n) is 21.9. The van der Waals surface area contributed by atoms with Crippen LogP contribution in [0.4, 0.5) is 0 Å². The molecule has 0 amide bonds. The second-order valence-corrected chi connectivity index (χ2v) is 26.6. The van der Waals surface area contributed by atoms with Crippen LogP contribution in [-0.4, -0.2) is 46.0 Å². The summed E-state index contributed by atoms with van der Waals surface area (Å²) in [7, 11) is -4.56. The fraction of sp³-hybridized carbons (Fsp3) is 0.722. The first-order chi connectivity index (χ1) is 39.5. The van der Waals surface area contributed by atoms with Crippen LogP contribution in [0.3, 0.4) is 0 Å². The standard InChI is InChI=1S/C21H28O6S.C21H28O3.C13H20O.C8H8O2.3C2H6.3CH4.Na/c1-20(15-7-4-9-17(13-15)25-28(22,23)24)21(27-26-20)16-8-5-11-19(21)18-10-3-2-6-14(18)12-16;1-20(15-7-4-9-17(22)13-15)21(24-23-20)16-8-5-11-19(21)18-10-3-2-6-14(18)12-16;14-13-10-5-3-7-12(13)11-6-2-1-4-9(11)8-10;1-6(9)7-3-2-4-8(10)5-7;3*1-2;;;;/h4,7,9,13-14,16,18-19H,2-3,5-6,8,10-12H2,1H3,(H,22,23,24);4,7,9,13-14,16,18-19,22H,2-3,5-6,8,10-12H2,1H3;9-12H,1-8H2;2-5,10H,1H3;3*1-2H3;3*1H4;/q;;;;;;;;;;+1. The zero-order valence-electron chi connectivity index (χ0n) is 52.3. The molecule has 6 bridgehead atoms. The van der Waals surface area contributed by atoms with Gasteiger partial charge in [0.1, 0.15) is 34.2 Å². The molecule has 11 fully saturated rings. The summed E-state index contributed by atoms with van der Waals surface area (Å²) >= 11 is 0. The normalized spacial score (nSPS) is 36.0. The number of hydrogen-bond acceptors (Lipinski definition) is 11. The zero-order chi connectivity index (χ0) is 59.0. The maximum atomic E-state index is 12.1. The van der Waals surface area contributed by atoms with Gasteiger partial charge in [-0.1, -0.05) is 177 Å². The Morgan fingerprint density at radius 2 is 0.953 bits per heavy atom. The van der Waals surface area contributed by atoms with Gasteiger partial charge in [-0.15, -0.1) is 0 Å². The number of phenols is 2. The van der Waals surface area contributed by atoms with Crippen molar-refractivity contribution >= 4 is 22.0 Å². The first kappa shape index (κ1) is 75.6. The molecule has 2 heterocycles. The smallest absolute Gasteiger partial charge is 0.508 e. The van der Waals surface area contributed by atoms with Gasteiger partial charge in [0.05, 0.1) is 0 Å². The molecule has 2 saturated heterocycles. The summed E-state index contributed by atoms with van der Waals surface area (Å²) in [4.78, 5) is 46.6. The van der Waals surface area contributed by atoms with Gasteiger partial charge < -0.3 is 14.4 Å². The number of carbonyl (C=O) groups is 2. The van der Waals surface area contributed by atoms with Crippen molar-refractivity contribution in [3.8, 4) is 17.2 Å². The molecule has 2 aliphatic heterocycles. The number of rotatable bonds is 5. The number of fused-ring (bicyclic) bond motifs is 8. The van der Waals surface area contributed by atoms with Crippen LogP contribution in [0, 0.1) is 71.0 Å². The molecule has 0 radical (unpaired) electrons. The van der Waals surface area contributed by atoms with Crippen molar-refractivity contribution in [2.75, 3.05) is 0 Å². The monoisotopic (exact) mass is 1230 g/mol. The van der Waals surface area contributed by atoms with E-state index >= 15 is 0 Å². The molecule has 16 unspecified atom stereocenters. The van der Waals surface area contributed by atoms with Gasteiger partial charge in [-0.25, -0.2) is 19.6 Å². The Balaban J connectivity index is 0.000000248. The second kappa shape index (κ2) is 32.9. The molecule has 480 valence electrons. The fourth-order valence-corrected chi connectivity index (χ4v) is 19.0. The van der Waals surface area contributed by atoms with E-state index < -0.39 is 21.6 Å². The quantitative estimate of drug-likeness (QED) is 0.0956. The summed E-state index contributed by atoms with van der Waals surface area (Å²) in [6, 6.07) is 20.8. The largest absolute Gasteiger partial charge is 1.00 e. The Bertz CT molecular complexity index is 2700. The number of ketones is 2. The fourth-order valence-electron chi connectivity index (χ4n) is 18.7. The minimum absolute atomic E-state index is 0. The minimum atomic E-state index is -4.56. The molecule has 14 rings (SSSR count). The molecule has 2 spiro atoms. The van der Waals surface area contributed by atoms with Gasteiger partial charge in [-0.2, -0.15) is 8.42 Å². The van der Waals surface area contributed by atoms with Crippen molar-refractivity contribution in [2.24, 2.45) is 71.0 Å². The van der Waals surface area contributed by atoms with Crippen LogP contribution in [0.25, 0.3) is 0 Å². The number of benzene rings is 3. The molecule has 9 aliphatic carbocycles. The van der Waals surface area contributed by atoms with Crippen molar-refractivity contribution in [1.82, 2.24) is 0 Å². The van der Waals surface area contributed by atoms with Crippen molar-refractivity contribution in [3.05, 3.63) is 89.5 Å². The van der Waals surface area contributed by atoms with E-state index in [1.54, 1.807) is 30.3 Å². The Morgan fingerprint density at radius 1 is 0.523 bits per heavy atom. The molecule has 86 heavy (non-hydrogen) atoms. The molecule has 3 aromatic carbocycles. The molecular weight excluding hydrogens is 1110 g/mol. The summed E-state index contributed by atoms with van der Waals surface area (Å²) in [5.74, 6) is 9.17. The maximum absolute atomic E-state index is 12.1. The van der Waals surface area contributed by atoms with Crippen LogP contribution in [0.2, 0.25) is 0 Å². The number of Topliss-reactive ketones (excluding diaryl/α,β-unsaturated/α-hetero) is 2. The summed E-state index contributed by atoms with van der Waals surface area (Å²) in [6.07, 6.45) is 31.3. The van der Waals surface area contributed by atoms with E-state index in [1.807, 2.05) is 59.7 Å². The van der Waals surface area contributed by atoms with Crippen molar-refractivity contribution in [1.29, 1.82) is 0 Å². The molecular formula is C72H114NaO12S+. The van der Waals surface area contributed by atoms with Crippen LogP contribution in [-0.2, 0) is 45.9 Å². The van der Waals surface area contributed by atoms with Crippen molar-refractivity contribution in [3.63, 3.8) is 0 Å². The Morgan fingerprint density at radius 3 is 1.40 bits per heavy atom. The topological polar surface area (TPSA) is 175 Å². The van der Waals surface area contributed by atoms with Crippen LogP contribution >= 0.6 is 0 Å². The average Bonchev–Trinajstić information content (AvgIpc) is 0.701. The van der Waals surface area contributed by atoms with E-state index in [0.29, 0.717) is 58.5 Å². The molecule has 11 aliphatic rings. The molecule has 12 nitrogen and oxygen atoms in total. The summed E-state index contributed by atoms with van der Waals surface area (Å²) in [6.45, 7) is 17.7. The summed E-state index contributed by atoms with van der Waals surface area (Å²) < 4.78 is 36.0. The number of carbonyl (C=O) groups excluding carboxylic acids is 2. The van der Waals surface area contributed by atoms with E-state index in [1.165, 1.54) is 166 Å². The predicted molar refractivity (Wildman–Crippen MR) is 341 cm³/mol. The van der Waals surface area contributed by atoms with E-state index in [-0.39, 0.29) is 80.3 Å². The van der Waals surface area contributed by atoms with Gasteiger partial charge in [-0.3, -0.25) is 14.1 Å². The first-order valence-corrected chi connectivity index (χ1v) is 34.1. The second-order valence-electron chi connectivity index (χ2n) is 25.6. The van der Waals surface area contributed by atoms with Crippen LogP contribution in [0.1, 0.15) is 260 Å². The molecule has 9 saturated carbocycles. The molecule has 16 atom stereocenters. The Labute approximate surface area is 543 Å². The van der Waals surface area contributed by atoms with Crippen molar-refractivity contribution in [2.45, 2.75) is 261 Å². The third kappa shape index (κ3) is 14.9. The number of hydrogen-bond donors (Lipinski definition) is 3. The third-order valence-corrected chi connectivity index (χ3v) is 22.3. The van der Waals surface area contributed by atoms with Gasteiger partial charge in [0.2, 0.25) is 0 Å². The van der Waals surface area contributed by atoms with E-state index in [0.717, 1.165) is 53.6 Å². The number of aromatic hydroxyl groups is 2. The Hall–Kier alpha value is -2.85. The van der Waals surface area contributed by atoms with E-state index in [9.17, 15) is 23.1 Å². The minimum Gasteiger partial charge on any atom is -0.508 e.